The van der Waals surface area contributed by atoms with Gasteiger partial charge in [-0.05, 0) is 41.8 Å². The standard InChI is InChI=1S/C26H23N3O2/c1-20(17-21-11-5-2-6-12-21)18-24(28-25(30)23-15-9-4-10-16-23)26(31)29-27-19-22-13-7-3-8-14-22/h2-19H,1H3,(H,28,30)(H,29,31)/b20-17+,24-18-,27-19+. The van der Waals surface area contributed by atoms with Crippen molar-refractivity contribution in [3.63, 3.8) is 0 Å². The molecule has 0 bridgehead atoms. The minimum absolute atomic E-state index is 0.101. The topological polar surface area (TPSA) is 70.6 Å². The van der Waals surface area contributed by atoms with Gasteiger partial charge >= 0.3 is 0 Å². The first-order valence-corrected chi connectivity index (χ1v) is 9.82. The highest BCUT2D eigenvalue weighted by molar-refractivity contribution is 6.03. The Balaban J connectivity index is 1.80. The summed E-state index contributed by atoms with van der Waals surface area (Å²) < 4.78 is 0. The highest BCUT2D eigenvalue weighted by Gasteiger charge is 2.14. The van der Waals surface area contributed by atoms with Gasteiger partial charge in [0.1, 0.15) is 5.70 Å². The fraction of sp³-hybridized carbons (Fsp3) is 0.0385. The van der Waals surface area contributed by atoms with Crippen molar-refractivity contribution in [3.05, 3.63) is 125 Å². The van der Waals surface area contributed by atoms with Crippen LogP contribution in [0.4, 0.5) is 0 Å². The summed E-state index contributed by atoms with van der Waals surface area (Å²) in [5.41, 5.74) is 5.68. The van der Waals surface area contributed by atoms with Crippen molar-refractivity contribution in [2.45, 2.75) is 6.92 Å². The van der Waals surface area contributed by atoms with E-state index in [1.807, 2.05) is 79.7 Å². The quantitative estimate of drug-likeness (QED) is 0.260. The van der Waals surface area contributed by atoms with Gasteiger partial charge in [0.15, 0.2) is 0 Å². The summed E-state index contributed by atoms with van der Waals surface area (Å²) in [5, 5.41) is 6.69. The second-order valence-electron chi connectivity index (χ2n) is 6.79. The SMILES string of the molecule is CC(/C=C(\NC(=O)c1ccccc1)C(=O)N/N=C/c1ccccc1)=C\c1ccccc1. The molecule has 0 aliphatic heterocycles. The smallest absolute Gasteiger partial charge is 0.287 e. The molecular weight excluding hydrogens is 386 g/mol. The molecule has 0 aliphatic carbocycles. The second kappa shape index (κ2) is 11.1. The molecule has 3 aromatic carbocycles. The first-order valence-electron chi connectivity index (χ1n) is 9.82. The highest BCUT2D eigenvalue weighted by atomic mass is 16.2. The van der Waals surface area contributed by atoms with Gasteiger partial charge in [0.05, 0.1) is 6.21 Å². The molecule has 0 unspecified atom stereocenters. The first-order chi connectivity index (χ1) is 15.1. The predicted octanol–water partition coefficient (Wildman–Crippen LogP) is 4.55. The lowest BCUT2D eigenvalue weighted by atomic mass is 10.1. The van der Waals surface area contributed by atoms with Gasteiger partial charge in [-0.25, -0.2) is 5.43 Å². The van der Waals surface area contributed by atoms with E-state index in [4.69, 9.17) is 0 Å². The van der Waals surface area contributed by atoms with E-state index in [1.54, 1.807) is 36.6 Å². The average Bonchev–Trinajstić information content (AvgIpc) is 2.80. The van der Waals surface area contributed by atoms with Gasteiger partial charge < -0.3 is 5.32 Å². The molecule has 3 aromatic rings. The van der Waals surface area contributed by atoms with E-state index in [0.29, 0.717) is 5.56 Å². The zero-order valence-electron chi connectivity index (χ0n) is 17.2. The van der Waals surface area contributed by atoms with Gasteiger partial charge in [0.25, 0.3) is 11.8 Å². The molecule has 3 rings (SSSR count). The lowest BCUT2D eigenvalue weighted by Gasteiger charge is -2.09. The number of amides is 2. The van der Waals surface area contributed by atoms with Gasteiger partial charge in [-0.2, -0.15) is 5.10 Å². The van der Waals surface area contributed by atoms with Gasteiger partial charge in [0.2, 0.25) is 0 Å². The minimum Gasteiger partial charge on any atom is -0.317 e. The lowest BCUT2D eigenvalue weighted by molar-refractivity contribution is -0.117. The Morgan fingerprint density at radius 1 is 0.774 bits per heavy atom. The van der Waals surface area contributed by atoms with Crippen molar-refractivity contribution in [1.82, 2.24) is 10.7 Å². The Morgan fingerprint density at radius 2 is 1.32 bits per heavy atom. The highest BCUT2D eigenvalue weighted by Crippen LogP contribution is 2.10. The third kappa shape index (κ3) is 6.94. The van der Waals surface area contributed by atoms with Crippen LogP contribution in [0.5, 0.6) is 0 Å². The van der Waals surface area contributed by atoms with Crippen LogP contribution >= 0.6 is 0 Å². The molecular formula is C26H23N3O2. The Kier molecular flexibility index (Phi) is 7.66. The molecule has 0 heterocycles. The summed E-state index contributed by atoms with van der Waals surface area (Å²) in [6, 6.07) is 27.9. The second-order valence-corrected chi connectivity index (χ2v) is 6.79. The Labute approximate surface area is 181 Å². The van der Waals surface area contributed by atoms with Crippen LogP contribution < -0.4 is 10.7 Å². The van der Waals surface area contributed by atoms with Crippen LogP contribution in [0, 0.1) is 0 Å². The molecule has 0 fully saturated rings. The Bertz CT molecular complexity index is 1100. The largest absolute Gasteiger partial charge is 0.317 e. The van der Waals surface area contributed by atoms with Crippen molar-refractivity contribution in [2.75, 3.05) is 0 Å². The third-order valence-electron chi connectivity index (χ3n) is 4.27. The zero-order valence-corrected chi connectivity index (χ0v) is 17.2. The fourth-order valence-electron chi connectivity index (χ4n) is 2.79. The number of rotatable bonds is 7. The van der Waals surface area contributed by atoms with E-state index < -0.39 is 5.91 Å². The van der Waals surface area contributed by atoms with Crippen LogP contribution in [-0.4, -0.2) is 18.0 Å². The molecule has 2 amide bonds. The van der Waals surface area contributed by atoms with Crippen LogP contribution in [0.25, 0.3) is 6.08 Å². The van der Waals surface area contributed by atoms with E-state index >= 15 is 0 Å². The monoisotopic (exact) mass is 409 g/mol. The van der Waals surface area contributed by atoms with Crippen LogP contribution in [0.2, 0.25) is 0 Å². The maximum absolute atomic E-state index is 12.8. The molecule has 0 atom stereocenters. The number of carbonyl (C=O) groups is 2. The number of hydrazone groups is 1. The maximum Gasteiger partial charge on any atom is 0.287 e. The Morgan fingerprint density at radius 3 is 1.94 bits per heavy atom. The summed E-state index contributed by atoms with van der Waals surface area (Å²) >= 11 is 0. The molecule has 31 heavy (non-hydrogen) atoms. The van der Waals surface area contributed by atoms with Crippen molar-refractivity contribution in [1.29, 1.82) is 0 Å². The van der Waals surface area contributed by atoms with Crippen LogP contribution in [0.3, 0.4) is 0 Å². The van der Waals surface area contributed by atoms with Crippen molar-refractivity contribution in [2.24, 2.45) is 5.10 Å². The van der Waals surface area contributed by atoms with Crippen molar-refractivity contribution in [3.8, 4) is 0 Å². The third-order valence-corrected chi connectivity index (χ3v) is 4.27. The molecule has 0 aliphatic rings. The molecule has 0 aromatic heterocycles. The molecule has 5 heteroatoms. The van der Waals surface area contributed by atoms with Gasteiger partial charge in [-0.1, -0.05) is 84.9 Å². The Hall–Kier alpha value is -4.25. The zero-order chi connectivity index (χ0) is 21.9. The van der Waals surface area contributed by atoms with E-state index in [9.17, 15) is 9.59 Å². The van der Waals surface area contributed by atoms with Gasteiger partial charge in [-0.3, -0.25) is 9.59 Å². The summed E-state index contributed by atoms with van der Waals surface area (Å²) in [6.07, 6.45) is 5.09. The number of benzene rings is 3. The molecule has 0 spiro atoms. The predicted molar refractivity (Wildman–Crippen MR) is 124 cm³/mol. The van der Waals surface area contributed by atoms with Crippen molar-refractivity contribution < 1.29 is 9.59 Å². The molecule has 5 nitrogen and oxygen atoms in total. The minimum atomic E-state index is -0.516. The number of carbonyl (C=O) groups excluding carboxylic acids is 2. The van der Waals surface area contributed by atoms with Crippen LogP contribution in [0.15, 0.2) is 113 Å². The summed E-state index contributed by atoms with van der Waals surface area (Å²) in [7, 11) is 0. The number of allylic oxidation sites excluding steroid dienone is 2. The summed E-state index contributed by atoms with van der Waals surface area (Å²) in [6.45, 7) is 1.86. The summed E-state index contributed by atoms with van der Waals surface area (Å²) in [5.74, 6) is -0.890. The van der Waals surface area contributed by atoms with E-state index in [2.05, 4.69) is 15.8 Å². The van der Waals surface area contributed by atoms with Gasteiger partial charge in [0, 0.05) is 5.56 Å². The summed E-state index contributed by atoms with van der Waals surface area (Å²) in [4.78, 5) is 25.4. The first kappa shape index (κ1) is 21.5. The number of nitrogens with one attached hydrogen (secondary N) is 2. The lowest BCUT2D eigenvalue weighted by Crippen LogP contribution is -2.33. The number of nitrogens with zero attached hydrogens (tertiary/aromatic N) is 1. The average molecular weight is 409 g/mol. The van der Waals surface area contributed by atoms with Gasteiger partial charge in [-0.15, -0.1) is 0 Å². The molecule has 2 N–H and O–H groups in total. The molecule has 0 radical (unpaired) electrons. The van der Waals surface area contributed by atoms with Crippen LogP contribution in [-0.2, 0) is 4.79 Å². The van der Waals surface area contributed by atoms with Crippen molar-refractivity contribution >= 4 is 24.1 Å². The normalized spacial score (nSPS) is 11.9. The van der Waals surface area contributed by atoms with E-state index in [1.165, 1.54) is 0 Å². The van der Waals surface area contributed by atoms with Crippen LogP contribution in [0.1, 0.15) is 28.4 Å². The fourth-order valence-corrected chi connectivity index (χ4v) is 2.79. The number of hydrogen-bond acceptors (Lipinski definition) is 3. The molecule has 0 saturated carbocycles. The maximum atomic E-state index is 12.8. The van der Waals surface area contributed by atoms with E-state index in [-0.39, 0.29) is 11.6 Å². The molecule has 0 saturated heterocycles. The number of hydrogen-bond donors (Lipinski definition) is 2. The van der Waals surface area contributed by atoms with E-state index in [0.717, 1.165) is 16.7 Å². The molecule has 154 valence electrons.